The lowest BCUT2D eigenvalue weighted by molar-refractivity contribution is 0.0662. The average molecular weight is 326 g/mol. The van der Waals surface area contributed by atoms with Crippen molar-refractivity contribution in [2.45, 2.75) is 31.8 Å². The second-order valence-corrected chi connectivity index (χ2v) is 6.11. The molecule has 24 heavy (non-hydrogen) atoms. The Bertz CT molecular complexity index is 675. The molecule has 1 aliphatic carbocycles. The van der Waals surface area contributed by atoms with E-state index in [1.807, 2.05) is 6.07 Å². The zero-order valence-corrected chi connectivity index (χ0v) is 13.5. The van der Waals surface area contributed by atoms with Gasteiger partial charge >= 0.3 is 0 Å². The van der Waals surface area contributed by atoms with E-state index in [0.29, 0.717) is 23.6 Å². The number of hydrogen-bond acceptors (Lipinski definition) is 4. The fourth-order valence-electron chi connectivity index (χ4n) is 3.02. The van der Waals surface area contributed by atoms with Crippen molar-refractivity contribution in [1.29, 1.82) is 0 Å². The fourth-order valence-corrected chi connectivity index (χ4v) is 3.02. The second kappa shape index (κ2) is 7.93. The Hall–Kier alpha value is -2.40. The first-order valence-electron chi connectivity index (χ1n) is 8.37. The van der Waals surface area contributed by atoms with Crippen molar-refractivity contribution in [3.8, 4) is 11.5 Å². The van der Waals surface area contributed by atoms with Gasteiger partial charge in [-0.05, 0) is 37.1 Å². The van der Waals surface area contributed by atoms with E-state index in [4.69, 9.17) is 4.74 Å². The molecule has 0 radical (unpaired) electrons. The molecule has 3 rings (SSSR count). The molecule has 1 saturated carbocycles. The summed E-state index contributed by atoms with van der Waals surface area (Å²) in [6.45, 7) is 0.487. The van der Waals surface area contributed by atoms with Crippen LogP contribution >= 0.6 is 0 Å². The number of rotatable bonds is 5. The number of nitrogens with one attached hydrogen (secondary N) is 1. The number of hydrogen-bond donors (Lipinski definition) is 2. The van der Waals surface area contributed by atoms with Gasteiger partial charge in [-0.3, -0.25) is 9.78 Å². The smallest absolute Gasteiger partial charge is 0.255 e. The van der Waals surface area contributed by atoms with Gasteiger partial charge in [-0.15, -0.1) is 0 Å². The number of para-hydroxylation sites is 1. The maximum atomic E-state index is 12.5. The van der Waals surface area contributed by atoms with Crippen molar-refractivity contribution in [2.24, 2.45) is 5.92 Å². The average Bonchev–Trinajstić information content (AvgIpc) is 2.62. The minimum Gasteiger partial charge on any atom is -0.455 e. The molecule has 0 unspecified atom stereocenters. The molecule has 126 valence electrons. The van der Waals surface area contributed by atoms with Gasteiger partial charge in [0.05, 0.1) is 17.9 Å². The monoisotopic (exact) mass is 326 g/mol. The Labute approximate surface area is 141 Å². The highest BCUT2D eigenvalue weighted by Gasteiger charge is 2.24. The van der Waals surface area contributed by atoms with Crippen molar-refractivity contribution < 1.29 is 14.6 Å². The van der Waals surface area contributed by atoms with E-state index in [9.17, 15) is 9.90 Å². The van der Waals surface area contributed by atoms with Gasteiger partial charge in [0.2, 0.25) is 0 Å². The maximum Gasteiger partial charge on any atom is 0.255 e. The molecule has 0 aliphatic heterocycles. The van der Waals surface area contributed by atoms with Crippen molar-refractivity contribution >= 4 is 5.91 Å². The first kappa shape index (κ1) is 16.5. The molecular weight excluding hydrogens is 304 g/mol. The highest BCUT2D eigenvalue weighted by molar-refractivity contribution is 5.97. The summed E-state index contributed by atoms with van der Waals surface area (Å²) in [5, 5.41) is 12.9. The summed E-state index contributed by atoms with van der Waals surface area (Å²) in [7, 11) is 0. The highest BCUT2D eigenvalue weighted by atomic mass is 16.5. The van der Waals surface area contributed by atoms with Gasteiger partial charge in [0.1, 0.15) is 11.5 Å². The van der Waals surface area contributed by atoms with Gasteiger partial charge in [0, 0.05) is 18.7 Å². The number of ether oxygens (including phenoxy) is 1. The lowest BCUT2D eigenvalue weighted by atomic mass is 9.86. The van der Waals surface area contributed by atoms with E-state index in [1.165, 1.54) is 0 Å². The lowest BCUT2D eigenvalue weighted by Gasteiger charge is -2.27. The Morgan fingerprint density at radius 3 is 2.83 bits per heavy atom. The molecule has 1 aliphatic rings. The predicted molar refractivity (Wildman–Crippen MR) is 91.1 cm³/mol. The van der Waals surface area contributed by atoms with Crippen molar-refractivity contribution in [3.05, 3.63) is 54.4 Å². The molecule has 5 heteroatoms. The summed E-state index contributed by atoms with van der Waals surface area (Å²) < 4.78 is 5.77. The van der Waals surface area contributed by atoms with E-state index in [0.717, 1.165) is 25.7 Å². The van der Waals surface area contributed by atoms with Crippen LogP contribution in [-0.4, -0.2) is 28.6 Å². The largest absolute Gasteiger partial charge is 0.455 e. The molecule has 1 amide bonds. The quantitative estimate of drug-likeness (QED) is 0.885. The molecule has 0 spiro atoms. The van der Waals surface area contributed by atoms with Gasteiger partial charge in [0.15, 0.2) is 0 Å². The molecule has 2 aromatic rings. The van der Waals surface area contributed by atoms with Crippen LogP contribution in [-0.2, 0) is 0 Å². The minimum atomic E-state index is -0.319. The van der Waals surface area contributed by atoms with Gasteiger partial charge in [0.25, 0.3) is 5.91 Å². The summed E-state index contributed by atoms with van der Waals surface area (Å²) in [6, 6.07) is 10.7. The Balaban J connectivity index is 1.66. The number of nitrogens with zero attached hydrogens (tertiary/aromatic N) is 1. The topological polar surface area (TPSA) is 71.5 Å². The molecule has 0 saturated heterocycles. The molecule has 1 aromatic carbocycles. The number of amides is 1. The van der Waals surface area contributed by atoms with Crippen molar-refractivity contribution in [3.63, 3.8) is 0 Å². The molecule has 2 N–H and O–H groups in total. The zero-order valence-electron chi connectivity index (χ0n) is 13.5. The molecule has 1 aromatic heterocycles. The van der Waals surface area contributed by atoms with E-state index in [2.05, 4.69) is 10.3 Å². The normalized spacial score (nSPS) is 20.4. The van der Waals surface area contributed by atoms with Crippen LogP contribution in [0.4, 0.5) is 0 Å². The summed E-state index contributed by atoms with van der Waals surface area (Å²) in [5.41, 5.74) is 0.478. The Morgan fingerprint density at radius 2 is 2.04 bits per heavy atom. The fraction of sp³-hybridized carbons (Fsp3) is 0.368. The van der Waals surface area contributed by atoms with E-state index in [-0.39, 0.29) is 17.9 Å². The molecule has 0 bridgehead atoms. The van der Waals surface area contributed by atoms with Crippen LogP contribution in [0.15, 0.2) is 48.8 Å². The summed E-state index contributed by atoms with van der Waals surface area (Å²) in [5.74, 6) is 1.02. The Kier molecular flexibility index (Phi) is 5.43. The van der Waals surface area contributed by atoms with Crippen LogP contribution in [0, 0.1) is 5.92 Å². The van der Waals surface area contributed by atoms with Crippen LogP contribution in [0.25, 0.3) is 0 Å². The summed E-state index contributed by atoms with van der Waals surface area (Å²) in [4.78, 5) is 16.5. The third-order valence-electron chi connectivity index (χ3n) is 4.39. The molecule has 2 atom stereocenters. The summed E-state index contributed by atoms with van der Waals surface area (Å²) in [6.07, 6.45) is 6.90. The van der Waals surface area contributed by atoms with Crippen molar-refractivity contribution in [2.75, 3.05) is 6.54 Å². The number of aliphatic hydroxyl groups is 1. The minimum absolute atomic E-state index is 0.133. The first-order valence-corrected chi connectivity index (χ1v) is 8.37. The van der Waals surface area contributed by atoms with Crippen LogP contribution in [0.1, 0.15) is 36.0 Å². The highest BCUT2D eigenvalue weighted by Crippen LogP contribution is 2.26. The van der Waals surface area contributed by atoms with Crippen LogP contribution in [0.2, 0.25) is 0 Å². The number of aromatic nitrogens is 1. The maximum absolute atomic E-state index is 12.5. The molecular formula is C19H22N2O3. The third kappa shape index (κ3) is 4.11. The van der Waals surface area contributed by atoms with Crippen LogP contribution < -0.4 is 10.1 Å². The molecule has 5 nitrogen and oxygen atoms in total. The SMILES string of the molecule is O=C(NC[C@@H]1CCCC[C@@H]1O)c1ccccc1Oc1cccnc1. The first-order chi connectivity index (χ1) is 11.7. The zero-order chi connectivity index (χ0) is 16.8. The van der Waals surface area contributed by atoms with E-state index in [1.54, 1.807) is 42.7 Å². The number of carbonyl (C=O) groups excluding carboxylic acids is 1. The van der Waals surface area contributed by atoms with Crippen LogP contribution in [0.5, 0.6) is 11.5 Å². The van der Waals surface area contributed by atoms with Crippen LogP contribution in [0.3, 0.4) is 0 Å². The number of carbonyl (C=O) groups is 1. The van der Waals surface area contributed by atoms with Crippen molar-refractivity contribution in [1.82, 2.24) is 10.3 Å². The second-order valence-electron chi connectivity index (χ2n) is 6.11. The number of aliphatic hydroxyl groups excluding tert-OH is 1. The van der Waals surface area contributed by atoms with Gasteiger partial charge in [-0.25, -0.2) is 0 Å². The molecule has 1 heterocycles. The van der Waals surface area contributed by atoms with Gasteiger partial charge < -0.3 is 15.2 Å². The number of benzene rings is 1. The molecule has 1 fully saturated rings. The third-order valence-corrected chi connectivity index (χ3v) is 4.39. The summed E-state index contributed by atoms with van der Waals surface area (Å²) >= 11 is 0. The van der Waals surface area contributed by atoms with E-state index < -0.39 is 0 Å². The Morgan fingerprint density at radius 1 is 1.21 bits per heavy atom. The van der Waals surface area contributed by atoms with Gasteiger partial charge in [-0.1, -0.05) is 25.0 Å². The lowest BCUT2D eigenvalue weighted by Crippen LogP contribution is -2.36. The van der Waals surface area contributed by atoms with E-state index >= 15 is 0 Å². The van der Waals surface area contributed by atoms with Gasteiger partial charge in [-0.2, -0.15) is 0 Å². The predicted octanol–water partition coefficient (Wildman–Crippen LogP) is 3.15. The number of pyridine rings is 1. The standard InChI is InChI=1S/C19H22N2O3/c22-17-9-3-1-6-14(17)12-21-19(23)16-8-2-4-10-18(16)24-15-7-5-11-20-13-15/h2,4-5,7-8,10-11,13-14,17,22H,1,3,6,9,12H2,(H,21,23)/t14-,17-/m0/s1.